The van der Waals surface area contributed by atoms with Crippen molar-refractivity contribution in [2.45, 2.75) is 18.9 Å². The number of aromatic nitrogens is 1. The maximum atomic E-state index is 11.9. The molecule has 0 aromatic carbocycles. The second-order valence-electron chi connectivity index (χ2n) is 5.39. The molecule has 3 amide bonds. The van der Waals surface area contributed by atoms with E-state index in [1.807, 2.05) is 0 Å². The first-order valence-corrected chi connectivity index (χ1v) is 6.97. The Labute approximate surface area is 117 Å². The van der Waals surface area contributed by atoms with Crippen molar-refractivity contribution in [1.82, 2.24) is 20.5 Å². The molecule has 1 aromatic heterocycles. The van der Waals surface area contributed by atoms with E-state index in [2.05, 4.69) is 20.5 Å². The number of fused-ring (bicyclic) bond motifs is 3. The Hall–Kier alpha value is -1.95. The zero-order chi connectivity index (χ0) is 13.9. The molecule has 4 heterocycles. The van der Waals surface area contributed by atoms with Gasteiger partial charge in [0.1, 0.15) is 5.69 Å². The Bertz CT molecular complexity index is 497. The van der Waals surface area contributed by atoms with Crippen molar-refractivity contribution >= 4 is 11.9 Å². The summed E-state index contributed by atoms with van der Waals surface area (Å²) in [5.74, 6) is 0.0695. The van der Waals surface area contributed by atoms with Crippen LogP contribution in [-0.2, 0) is 0 Å². The van der Waals surface area contributed by atoms with Gasteiger partial charge in [-0.15, -0.1) is 0 Å². The zero-order valence-electron chi connectivity index (χ0n) is 11.2. The summed E-state index contributed by atoms with van der Waals surface area (Å²) in [6, 6.07) is 4.74. The summed E-state index contributed by atoms with van der Waals surface area (Å²) in [5, 5.41) is 5.24. The lowest BCUT2D eigenvalue weighted by atomic mass is 9.84. The molecule has 0 saturated carbocycles. The van der Waals surface area contributed by atoms with Crippen molar-refractivity contribution in [3.05, 3.63) is 30.1 Å². The molecule has 4 rings (SSSR count). The molecular weight excluding hydrogens is 256 g/mol. The molecule has 6 nitrogen and oxygen atoms in total. The van der Waals surface area contributed by atoms with Crippen molar-refractivity contribution in [3.63, 3.8) is 0 Å². The molecule has 0 spiro atoms. The Kier molecular flexibility index (Phi) is 3.64. The molecule has 20 heavy (non-hydrogen) atoms. The third-order valence-corrected chi connectivity index (χ3v) is 4.10. The summed E-state index contributed by atoms with van der Waals surface area (Å²) in [6.45, 7) is 3.13. The first-order valence-electron chi connectivity index (χ1n) is 6.97. The van der Waals surface area contributed by atoms with E-state index >= 15 is 0 Å². The van der Waals surface area contributed by atoms with Gasteiger partial charge in [-0.3, -0.25) is 15.1 Å². The smallest absolute Gasteiger partial charge is 0.322 e. The van der Waals surface area contributed by atoms with E-state index in [1.54, 1.807) is 18.2 Å². The minimum atomic E-state index is -0.468. The minimum absolute atomic E-state index is 0.147. The molecule has 3 aliphatic rings. The summed E-state index contributed by atoms with van der Waals surface area (Å²) in [6.07, 6.45) is 3.78. The molecule has 3 saturated heterocycles. The summed E-state index contributed by atoms with van der Waals surface area (Å²) in [5.41, 5.74) is 0.247. The quantitative estimate of drug-likeness (QED) is 0.829. The second kappa shape index (κ2) is 5.58. The topological polar surface area (TPSA) is 74.3 Å². The van der Waals surface area contributed by atoms with Crippen molar-refractivity contribution in [2.24, 2.45) is 5.92 Å². The van der Waals surface area contributed by atoms with Crippen LogP contribution in [-0.4, -0.2) is 47.5 Å². The maximum absolute atomic E-state index is 11.9. The summed E-state index contributed by atoms with van der Waals surface area (Å²) in [7, 11) is 0. The van der Waals surface area contributed by atoms with E-state index in [-0.39, 0.29) is 11.7 Å². The number of hydrogen-bond donors (Lipinski definition) is 2. The van der Waals surface area contributed by atoms with Crippen LogP contribution >= 0.6 is 0 Å². The van der Waals surface area contributed by atoms with E-state index in [4.69, 9.17) is 0 Å². The van der Waals surface area contributed by atoms with Gasteiger partial charge in [-0.05, 0) is 44.0 Å². The van der Waals surface area contributed by atoms with Gasteiger partial charge >= 0.3 is 6.03 Å². The van der Waals surface area contributed by atoms with E-state index in [9.17, 15) is 9.59 Å². The molecule has 2 bridgehead atoms. The predicted molar refractivity (Wildman–Crippen MR) is 73.2 cm³/mol. The van der Waals surface area contributed by atoms with Crippen LogP contribution in [0.1, 0.15) is 23.3 Å². The maximum Gasteiger partial charge on any atom is 0.322 e. The SMILES string of the molecule is O=C(NC(=O)c1ccccn1)NC1CN2CCC1CC2. The third-order valence-electron chi connectivity index (χ3n) is 4.10. The van der Waals surface area contributed by atoms with E-state index < -0.39 is 11.9 Å². The highest BCUT2D eigenvalue weighted by Gasteiger charge is 2.35. The van der Waals surface area contributed by atoms with Gasteiger partial charge in [-0.2, -0.15) is 0 Å². The number of nitrogens with zero attached hydrogens (tertiary/aromatic N) is 2. The number of nitrogens with one attached hydrogen (secondary N) is 2. The number of rotatable bonds is 2. The van der Waals surface area contributed by atoms with Crippen molar-refractivity contribution in [1.29, 1.82) is 0 Å². The molecule has 0 radical (unpaired) electrons. The predicted octanol–water partition coefficient (Wildman–Crippen LogP) is 0.615. The molecule has 3 fully saturated rings. The first-order chi connectivity index (χ1) is 9.72. The Morgan fingerprint density at radius 3 is 2.65 bits per heavy atom. The van der Waals surface area contributed by atoms with Crippen LogP contribution in [0.4, 0.5) is 4.79 Å². The number of amides is 3. The molecule has 0 aliphatic carbocycles. The lowest BCUT2D eigenvalue weighted by Crippen LogP contribution is -2.59. The molecule has 1 unspecified atom stereocenters. The van der Waals surface area contributed by atoms with Crippen molar-refractivity contribution in [2.75, 3.05) is 19.6 Å². The van der Waals surface area contributed by atoms with Gasteiger partial charge in [0, 0.05) is 18.8 Å². The van der Waals surface area contributed by atoms with E-state index in [0.29, 0.717) is 5.92 Å². The summed E-state index contributed by atoms with van der Waals surface area (Å²) in [4.78, 5) is 30.0. The van der Waals surface area contributed by atoms with Crippen LogP contribution in [0.25, 0.3) is 0 Å². The van der Waals surface area contributed by atoms with E-state index in [0.717, 1.165) is 32.5 Å². The number of imide groups is 1. The highest BCUT2D eigenvalue weighted by molar-refractivity contribution is 6.03. The van der Waals surface area contributed by atoms with Crippen LogP contribution in [0.5, 0.6) is 0 Å². The van der Waals surface area contributed by atoms with Crippen LogP contribution in [0.3, 0.4) is 0 Å². The van der Waals surface area contributed by atoms with Gasteiger partial charge < -0.3 is 10.2 Å². The summed E-state index contributed by atoms with van der Waals surface area (Å²) < 4.78 is 0. The van der Waals surface area contributed by atoms with Gasteiger partial charge in [0.2, 0.25) is 0 Å². The summed E-state index contributed by atoms with van der Waals surface area (Å²) >= 11 is 0. The van der Waals surface area contributed by atoms with Gasteiger partial charge in [0.15, 0.2) is 0 Å². The fraction of sp³-hybridized carbons (Fsp3) is 0.500. The number of carbonyl (C=O) groups excluding carboxylic acids is 2. The fourth-order valence-corrected chi connectivity index (χ4v) is 3.00. The minimum Gasteiger partial charge on any atom is -0.333 e. The number of pyridine rings is 1. The lowest BCUT2D eigenvalue weighted by molar-refractivity contribution is 0.0757. The molecule has 2 N–H and O–H groups in total. The highest BCUT2D eigenvalue weighted by atomic mass is 16.2. The largest absolute Gasteiger partial charge is 0.333 e. The molecule has 3 aliphatic heterocycles. The molecule has 6 heteroatoms. The number of urea groups is 1. The lowest BCUT2D eigenvalue weighted by Gasteiger charge is -2.44. The van der Waals surface area contributed by atoms with Gasteiger partial charge in [-0.25, -0.2) is 4.79 Å². The number of hydrogen-bond acceptors (Lipinski definition) is 4. The molecule has 106 valence electrons. The van der Waals surface area contributed by atoms with Crippen LogP contribution < -0.4 is 10.6 Å². The monoisotopic (exact) mass is 274 g/mol. The van der Waals surface area contributed by atoms with Crippen LogP contribution in [0.15, 0.2) is 24.4 Å². The molecular formula is C14H18N4O2. The van der Waals surface area contributed by atoms with Crippen LogP contribution in [0, 0.1) is 5.92 Å². The number of carbonyl (C=O) groups is 2. The number of piperidine rings is 3. The van der Waals surface area contributed by atoms with Crippen LogP contribution in [0.2, 0.25) is 0 Å². The Balaban J connectivity index is 1.54. The average Bonchev–Trinajstić information content (AvgIpc) is 2.49. The first kappa shape index (κ1) is 13.1. The Morgan fingerprint density at radius 2 is 2.05 bits per heavy atom. The standard InChI is InChI=1S/C14H18N4O2/c19-13(11-3-1-2-6-15-11)17-14(20)16-12-9-18-7-4-10(12)5-8-18/h1-3,6,10,12H,4-5,7-9H2,(H2,16,17,19,20). The van der Waals surface area contributed by atoms with E-state index in [1.165, 1.54) is 6.20 Å². The highest BCUT2D eigenvalue weighted by Crippen LogP contribution is 2.27. The second-order valence-corrected chi connectivity index (χ2v) is 5.39. The van der Waals surface area contributed by atoms with Crippen molar-refractivity contribution < 1.29 is 9.59 Å². The third kappa shape index (κ3) is 2.80. The zero-order valence-corrected chi connectivity index (χ0v) is 11.2. The fourth-order valence-electron chi connectivity index (χ4n) is 3.00. The normalized spacial score (nSPS) is 27.9. The molecule has 1 atom stereocenters. The van der Waals surface area contributed by atoms with Gasteiger partial charge in [-0.1, -0.05) is 6.07 Å². The van der Waals surface area contributed by atoms with Gasteiger partial charge in [0.25, 0.3) is 5.91 Å². The molecule has 1 aromatic rings. The van der Waals surface area contributed by atoms with Crippen molar-refractivity contribution in [3.8, 4) is 0 Å². The van der Waals surface area contributed by atoms with Gasteiger partial charge in [0.05, 0.1) is 0 Å². The Morgan fingerprint density at radius 1 is 1.25 bits per heavy atom. The average molecular weight is 274 g/mol.